The zero-order valence-electron chi connectivity index (χ0n) is 6.69. The van der Waals surface area contributed by atoms with E-state index in [4.69, 9.17) is 38.5 Å². The molecule has 14 heavy (non-hydrogen) atoms. The van der Waals surface area contributed by atoms with Crippen LogP contribution in [0, 0.1) is 0 Å². The molecule has 0 aliphatic carbocycles. The summed E-state index contributed by atoms with van der Waals surface area (Å²) < 4.78 is 17.1. The molecule has 0 aromatic rings. The van der Waals surface area contributed by atoms with E-state index in [9.17, 15) is 0 Å². The topological polar surface area (TPSA) is 172 Å². The van der Waals surface area contributed by atoms with Gasteiger partial charge < -0.3 is 38.5 Å². The molecule has 0 bridgehead atoms. The van der Waals surface area contributed by atoms with Gasteiger partial charge in [0, 0.05) is 0 Å². The van der Waals surface area contributed by atoms with Crippen LogP contribution in [0.3, 0.4) is 0 Å². The third-order valence-corrected chi connectivity index (χ3v) is 0. The Morgan fingerprint density at radius 3 is 0.571 bits per heavy atom. The minimum Gasteiger partial charge on any atom is -0.822 e. The molecule has 0 N–H and O–H groups in total. The van der Waals surface area contributed by atoms with E-state index in [0.29, 0.717) is 0 Å². The molecule has 0 atom stereocenters. The Morgan fingerprint density at radius 1 is 0.571 bits per heavy atom. The van der Waals surface area contributed by atoms with Crippen molar-refractivity contribution < 1.29 is 43.2 Å². The summed E-state index contributed by atoms with van der Waals surface area (Å²) in [5, 5.41) is 0. The Morgan fingerprint density at radius 2 is 0.571 bits per heavy atom. The van der Waals surface area contributed by atoms with Crippen molar-refractivity contribution in [1.29, 1.82) is 0 Å². The van der Waals surface area contributed by atoms with Gasteiger partial charge in [-0.2, -0.15) is 15.6 Å². The Labute approximate surface area is 127 Å². The fourth-order valence-electron chi connectivity index (χ4n) is 0. The van der Waals surface area contributed by atoms with Crippen LogP contribution in [0.15, 0.2) is 0 Å². The molecule has 0 radical (unpaired) electrons. The second-order valence-corrected chi connectivity index (χ2v) is 2.68. The SMILES string of the molecule is F.O=P([O-])([O-])[O-].O=P([O-])([O-])[O-].[Mg+2].[Mg+2].[Mg+2]. The molecule has 8 nitrogen and oxygen atoms in total. The Balaban J connectivity index is -0.0000000178. The minimum atomic E-state index is -5.39. The normalized spacial score (nSPS) is 8.43. The predicted molar refractivity (Wildman–Crippen MR) is 35.0 cm³/mol. The van der Waals surface area contributed by atoms with E-state index in [2.05, 4.69) is 0 Å². The van der Waals surface area contributed by atoms with E-state index >= 15 is 0 Å². The van der Waals surface area contributed by atoms with Crippen LogP contribution in [0.4, 0.5) is 4.70 Å². The van der Waals surface area contributed by atoms with Gasteiger partial charge in [-0.25, -0.2) is 0 Å². The summed E-state index contributed by atoms with van der Waals surface area (Å²) in [7, 11) is -10.8. The van der Waals surface area contributed by atoms with Gasteiger partial charge in [-0.15, -0.1) is 0 Å². The summed E-state index contributed by atoms with van der Waals surface area (Å²) in [5.74, 6) is 0. The second kappa shape index (κ2) is 15.4. The molecule has 0 aliphatic rings. The van der Waals surface area contributed by atoms with Crippen molar-refractivity contribution >= 4 is 84.8 Å². The molecule has 0 amide bonds. The fraction of sp³-hybridized carbons (Fsp3) is 0. The van der Waals surface area contributed by atoms with Crippen molar-refractivity contribution in [3.63, 3.8) is 0 Å². The van der Waals surface area contributed by atoms with Crippen molar-refractivity contribution in [3.8, 4) is 0 Å². The smallest absolute Gasteiger partial charge is 0.822 e. The predicted octanol–water partition coefficient (Wildman–Crippen LogP) is -6.64. The summed E-state index contributed by atoms with van der Waals surface area (Å²) in [6.45, 7) is 0. The Hall–Kier alpha value is 2.45. The van der Waals surface area contributed by atoms with Gasteiger partial charge in [0.05, 0.1) is 0 Å². The maximum atomic E-state index is 8.55. The third kappa shape index (κ3) is 436. The molecule has 0 heterocycles. The summed E-state index contributed by atoms with van der Waals surface area (Å²) in [4.78, 5) is 51.3. The van der Waals surface area contributed by atoms with Gasteiger partial charge in [0.1, 0.15) is 0 Å². The van der Waals surface area contributed by atoms with E-state index in [-0.39, 0.29) is 73.9 Å². The second-order valence-electron chi connectivity index (χ2n) is 0.894. The molecule has 0 aromatic carbocycles. The fourth-order valence-corrected chi connectivity index (χ4v) is 0. The number of halogens is 1. The van der Waals surface area contributed by atoms with E-state index in [0.717, 1.165) is 0 Å². The molecular weight excluding hydrogens is 282 g/mol. The quantitative estimate of drug-likeness (QED) is 0.311. The van der Waals surface area contributed by atoms with Gasteiger partial charge in [0.15, 0.2) is 0 Å². The number of hydrogen-bond donors (Lipinski definition) is 0. The summed E-state index contributed by atoms with van der Waals surface area (Å²) >= 11 is 0. The summed E-state index contributed by atoms with van der Waals surface area (Å²) in [5.41, 5.74) is 0. The van der Waals surface area contributed by atoms with E-state index in [1.54, 1.807) is 0 Å². The van der Waals surface area contributed by atoms with E-state index in [1.165, 1.54) is 0 Å². The van der Waals surface area contributed by atoms with Crippen molar-refractivity contribution in [2.24, 2.45) is 0 Å². The molecule has 0 fully saturated rings. The average Bonchev–Trinajstić information content (AvgIpc) is 1.12. The molecule has 72 valence electrons. The van der Waals surface area contributed by atoms with E-state index < -0.39 is 15.6 Å². The van der Waals surface area contributed by atoms with Gasteiger partial charge >= 0.3 is 69.2 Å². The van der Waals surface area contributed by atoms with Gasteiger partial charge in [0.25, 0.3) is 0 Å². The number of hydrogen-bond acceptors (Lipinski definition) is 8. The first kappa shape index (κ1) is 36.0. The molecule has 0 saturated carbocycles. The molecular formula is HFMg3O8P2. The minimum absolute atomic E-state index is 0. The van der Waals surface area contributed by atoms with Gasteiger partial charge in [-0.05, 0) is 0 Å². The molecule has 0 spiro atoms. The van der Waals surface area contributed by atoms with Crippen molar-refractivity contribution in [1.82, 2.24) is 0 Å². The largest absolute Gasteiger partial charge is 2.00 e. The van der Waals surface area contributed by atoms with Crippen LogP contribution in [0.25, 0.3) is 0 Å². The van der Waals surface area contributed by atoms with Crippen LogP contribution in [-0.4, -0.2) is 69.2 Å². The number of phosphoric acid groups is 2. The first-order chi connectivity index (χ1) is 4.00. The maximum Gasteiger partial charge on any atom is 2.00 e. The van der Waals surface area contributed by atoms with Crippen molar-refractivity contribution in [3.05, 3.63) is 0 Å². The molecule has 0 rings (SSSR count). The maximum absolute atomic E-state index is 8.55. The first-order valence-electron chi connectivity index (χ1n) is 1.46. The van der Waals surface area contributed by atoms with Crippen molar-refractivity contribution in [2.45, 2.75) is 0 Å². The molecule has 0 aliphatic heterocycles. The number of rotatable bonds is 0. The van der Waals surface area contributed by atoms with Crippen LogP contribution < -0.4 is 29.4 Å². The van der Waals surface area contributed by atoms with Gasteiger partial charge in [0.2, 0.25) is 0 Å². The summed E-state index contributed by atoms with van der Waals surface area (Å²) in [6, 6.07) is 0. The van der Waals surface area contributed by atoms with Crippen LogP contribution in [0.1, 0.15) is 0 Å². The van der Waals surface area contributed by atoms with Crippen LogP contribution >= 0.6 is 15.6 Å². The Bertz CT molecular complexity index is 135. The average molecular weight is 283 g/mol. The zero-order valence-corrected chi connectivity index (χ0v) is 12.7. The van der Waals surface area contributed by atoms with E-state index in [1.807, 2.05) is 0 Å². The van der Waals surface area contributed by atoms with Crippen LogP contribution in [-0.2, 0) is 9.13 Å². The molecule has 0 unspecified atom stereocenters. The standard InChI is InChI=1S/FH.3Mg.2H3O4P/c;;;;2*1-5(2,3)4/h1H;;;;2*(H3,1,2,3,4)/q;3*+2;;/p-6. The molecule has 0 aromatic heterocycles. The Kier molecular flexibility index (Phi) is 39.7. The monoisotopic (exact) mass is 282 g/mol. The van der Waals surface area contributed by atoms with Crippen molar-refractivity contribution in [2.75, 3.05) is 0 Å². The first-order valence-corrected chi connectivity index (χ1v) is 4.38. The van der Waals surface area contributed by atoms with Crippen LogP contribution in [0.5, 0.6) is 0 Å². The third-order valence-electron chi connectivity index (χ3n) is 0. The summed E-state index contributed by atoms with van der Waals surface area (Å²) in [6.07, 6.45) is 0. The molecule has 14 heteroatoms. The zero-order chi connectivity index (χ0) is 9.00. The molecule has 0 saturated heterocycles. The van der Waals surface area contributed by atoms with Gasteiger partial charge in [-0.3, -0.25) is 4.70 Å². The van der Waals surface area contributed by atoms with Crippen LogP contribution in [0.2, 0.25) is 0 Å². The van der Waals surface area contributed by atoms with Gasteiger partial charge in [-0.1, -0.05) is 0 Å².